The van der Waals surface area contributed by atoms with Gasteiger partial charge in [0, 0.05) is 23.7 Å². The van der Waals surface area contributed by atoms with Gasteiger partial charge in [-0.05, 0) is 42.8 Å². The van der Waals surface area contributed by atoms with Crippen LogP contribution in [-0.4, -0.2) is 27.6 Å². The van der Waals surface area contributed by atoms with Gasteiger partial charge in [-0.15, -0.1) is 0 Å². The number of halogens is 2. The summed E-state index contributed by atoms with van der Waals surface area (Å²) in [6.07, 6.45) is 1.23. The second-order valence-corrected chi connectivity index (χ2v) is 7.68. The van der Waals surface area contributed by atoms with Crippen molar-refractivity contribution in [2.24, 2.45) is 5.84 Å². The SMILES string of the molecule is CC1(C)CN(N)c2ccc(F)cc21.Cc1nc(-c2cccc(F)c2)ncc1C(=O)O. The van der Waals surface area contributed by atoms with E-state index >= 15 is 0 Å². The van der Waals surface area contributed by atoms with Crippen LogP contribution in [0.4, 0.5) is 14.5 Å². The summed E-state index contributed by atoms with van der Waals surface area (Å²) in [5.41, 5.74) is 2.80. The molecule has 6 nitrogen and oxygen atoms in total. The number of aromatic nitrogens is 2. The molecule has 2 heterocycles. The predicted octanol–water partition coefficient (Wildman–Crippen LogP) is 4.09. The molecule has 1 aliphatic rings. The second-order valence-electron chi connectivity index (χ2n) is 7.68. The molecule has 30 heavy (non-hydrogen) atoms. The Labute approximate surface area is 173 Å². The smallest absolute Gasteiger partial charge is 0.339 e. The number of carbonyl (C=O) groups is 1. The van der Waals surface area contributed by atoms with Crippen molar-refractivity contribution in [3.05, 3.63) is 77.1 Å². The van der Waals surface area contributed by atoms with Crippen LogP contribution in [0.1, 0.15) is 35.5 Å². The summed E-state index contributed by atoms with van der Waals surface area (Å²) in [5, 5.41) is 10.5. The fraction of sp³-hybridized carbons (Fsp3) is 0.227. The number of hydrogen-bond acceptors (Lipinski definition) is 5. The van der Waals surface area contributed by atoms with Crippen molar-refractivity contribution in [2.45, 2.75) is 26.2 Å². The first-order valence-corrected chi connectivity index (χ1v) is 9.23. The van der Waals surface area contributed by atoms with E-state index in [1.807, 2.05) is 0 Å². The average molecular weight is 412 g/mol. The van der Waals surface area contributed by atoms with Gasteiger partial charge in [-0.25, -0.2) is 29.4 Å². The molecule has 0 atom stereocenters. The van der Waals surface area contributed by atoms with Crippen molar-refractivity contribution < 1.29 is 18.7 Å². The molecule has 0 unspecified atom stereocenters. The van der Waals surface area contributed by atoms with Crippen molar-refractivity contribution in [1.29, 1.82) is 0 Å². The summed E-state index contributed by atoms with van der Waals surface area (Å²) in [6.45, 7) is 6.45. The number of carboxylic acids is 1. The van der Waals surface area contributed by atoms with E-state index < -0.39 is 5.97 Å². The van der Waals surface area contributed by atoms with Gasteiger partial charge in [0.15, 0.2) is 5.82 Å². The monoisotopic (exact) mass is 412 g/mol. The van der Waals surface area contributed by atoms with Crippen molar-refractivity contribution in [1.82, 2.24) is 9.97 Å². The molecule has 4 rings (SSSR count). The zero-order chi connectivity index (χ0) is 22.1. The van der Waals surface area contributed by atoms with Gasteiger partial charge in [0.25, 0.3) is 0 Å². The number of fused-ring (bicyclic) bond motifs is 1. The minimum absolute atomic E-state index is 0.0464. The van der Waals surface area contributed by atoms with Gasteiger partial charge in [0.1, 0.15) is 11.6 Å². The van der Waals surface area contributed by atoms with Gasteiger partial charge < -0.3 is 10.1 Å². The maximum Gasteiger partial charge on any atom is 0.339 e. The lowest BCUT2D eigenvalue weighted by atomic mass is 9.87. The van der Waals surface area contributed by atoms with Gasteiger partial charge >= 0.3 is 5.97 Å². The van der Waals surface area contributed by atoms with E-state index in [0.717, 1.165) is 17.8 Å². The zero-order valence-corrected chi connectivity index (χ0v) is 16.9. The lowest BCUT2D eigenvalue weighted by molar-refractivity contribution is 0.0695. The zero-order valence-electron chi connectivity index (χ0n) is 16.9. The third-order valence-electron chi connectivity index (χ3n) is 4.86. The number of nitrogens with zero attached hydrogens (tertiary/aromatic N) is 3. The number of rotatable bonds is 2. The molecule has 8 heteroatoms. The van der Waals surface area contributed by atoms with Crippen LogP contribution in [0.2, 0.25) is 0 Å². The lowest BCUT2D eigenvalue weighted by Gasteiger charge is -2.17. The molecular formula is C22H22F2N4O2. The van der Waals surface area contributed by atoms with E-state index in [9.17, 15) is 13.6 Å². The minimum Gasteiger partial charge on any atom is -0.478 e. The van der Waals surface area contributed by atoms with E-state index in [1.54, 1.807) is 36.2 Å². The number of hydrogen-bond donors (Lipinski definition) is 2. The summed E-state index contributed by atoms with van der Waals surface area (Å²) in [5.74, 6) is 4.44. The van der Waals surface area contributed by atoms with Crippen LogP contribution in [0.25, 0.3) is 11.4 Å². The van der Waals surface area contributed by atoms with E-state index in [4.69, 9.17) is 10.9 Å². The third kappa shape index (κ3) is 4.44. The Morgan fingerprint density at radius 3 is 2.50 bits per heavy atom. The fourth-order valence-electron chi connectivity index (χ4n) is 3.34. The molecule has 0 bridgehead atoms. The largest absolute Gasteiger partial charge is 0.478 e. The Morgan fingerprint density at radius 1 is 1.17 bits per heavy atom. The minimum atomic E-state index is -1.08. The number of aryl methyl sites for hydroxylation is 1. The molecule has 3 aromatic rings. The molecule has 3 N–H and O–H groups in total. The van der Waals surface area contributed by atoms with Gasteiger partial charge in [-0.2, -0.15) is 0 Å². The summed E-state index contributed by atoms with van der Waals surface area (Å²) in [4.78, 5) is 18.7. The molecular weight excluding hydrogens is 390 g/mol. The number of nitrogens with two attached hydrogens (primary N) is 1. The van der Waals surface area contributed by atoms with E-state index in [-0.39, 0.29) is 22.6 Å². The van der Waals surface area contributed by atoms with Crippen LogP contribution in [-0.2, 0) is 5.41 Å². The molecule has 2 aromatic carbocycles. The molecule has 0 saturated carbocycles. The van der Waals surface area contributed by atoms with Crippen LogP contribution in [0.5, 0.6) is 0 Å². The highest BCUT2D eigenvalue weighted by atomic mass is 19.1. The fourth-order valence-corrected chi connectivity index (χ4v) is 3.34. The van der Waals surface area contributed by atoms with Crippen LogP contribution in [0, 0.1) is 18.6 Å². The van der Waals surface area contributed by atoms with Crippen LogP contribution >= 0.6 is 0 Å². The van der Waals surface area contributed by atoms with E-state index in [0.29, 0.717) is 17.1 Å². The first-order valence-electron chi connectivity index (χ1n) is 9.23. The highest BCUT2D eigenvalue weighted by Crippen LogP contribution is 2.38. The van der Waals surface area contributed by atoms with E-state index in [1.165, 1.54) is 24.4 Å². The number of hydrazine groups is 1. The Bertz CT molecular complexity index is 1100. The molecule has 0 amide bonds. The molecule has 1 aliphatic heterocycles. The quantitative estimate of drug-likeness (QED) is 0.616. The predicted molar refractivity (Wildman–Crippen MR) is 110 cm³/mol. The van der Waals surface area contributed by atoms with Crippen LogP contribution in [0.15, 0.2) is 48.7 Å². The number of carboxylic acid groups (broad SMARTS) is 1. The normalized spacial score (nSPS) is 14.0. The molecule has 0 spiro atoms. The third-order valence-corrected chi connectivity index (χ3v) is 4.86. The maximum atomic E-state index is 13.0. The van der Waals surface area contributed by atoms with Gasteiger partial charge in [0.05, 0.1) is 16.9 Å². The highest BCUT2D eigenvalue weighted by Gasteiger charge is 2.33. The van der Waals surface area contributed by atoms with Crippen LogP contribution in [0.3, 0.4) is 0 Å². The van der Waals surface area contributed by atoms with E-state index in [2.05, 4.69) is 23.8 Å². The first kappa shape index (κ1) is 21.3. The summed E-state index contributed by atoms with van der Waals surface area (Å²) >= 11 is 0. The second kappa shape index (κ2) is 8.16. The molecule has 0 aliphatic carbocycles. The topological polar surface area (TPSA) is 92.3 Å². The average Bonchev–Trinajstić information content (AvgIpc) is 2.90. The Balaban J connectivity index is 0.000000177. The van der Waals surface area contributed by atoms with Gasteiger partial charge in [-0.3, -0.25) is 0 Å². The molecule has 156 valence electrons. The molecule has 0 radical (unpaired) electrons. The summed E-state index contributed by atoms with van der Waals surface area (Å²) in [6, 6.07) is 10.6. The van der Waals surface area contributed by atoms with Crippen LogP contribution < -0.4 is 10.9 Å². The Morgan fingerprint density at radius 2 is 1.87 bits per heavy atom. The number of anilines is 1. The summed E-state index contributed by atoms with van der Waals surface area (Å²) in [7, 11) is 0. The summed E-state index contributed by atoms with van der Waals surface area (Å²) < 4.78 is 26.0. The lowest BCUT2D eigenvalue weighted by Crippen LogP contribution is -2.33. The molecule has 0 saturated heterocycles. The van der Waals surface area contributed by atoms with Crippen molar-refractivity contribution in [3.63, 3.8) is 0 Å². The Hall–Kier alpha value is -3.39. The van der Waals surface area contributed by atoms with Gasteiger partial charge in [0.2, 0.25) is 0 Å². The number of aromatic carboxylic acids is 1. The standard InChI is InChI=1S/C12H9FN2O2.C10H13FN2/c1-7-10(12(16)17)6-14-11(15-7)8-3-2-4-9(13)5-8;1-10(2)6-13(12)9-4-3-7(11)5-8(9)10/h2-6H,1H3,(H,16,17);3-5H,6,12H2,1-2H3. The van der Waals surface area contributed by atoms with Crippen molar-refractivity contribution in [2.75, 3.05) is 11.6 Å². The van der Waals surface area contributed by atoms with Crippen molar-refractivity contribution >= 4 is 11.7 Å². The maximum absolute atomic E-state index is 13.0. The molecule has 0 fully saturated rings. The first-order chi connectivity index (χ1) is 14.1. The highest BCUT2D eigenvalue weighted by molar-refractivity contribution is 5.88. The number of benzene rings is 2. The van der Waals surface area contributed by atoms with Crippen molar-refractivity contribution in [3.8, 4) is 11.4 Å². The molecule has 1 aromatic heterocycles. The van der Waals surface area contributed by atoms with Gasteiger partial charge in [-0.1, -0.05) is 26.0 Å². The Kier molecular flexibility index (Phi) is 5.80.